The van der Waals surface area contributed by atoms with E-state index in [1.807, 2.05) is 26.2 Å². The summed E-state index contributed by atoms with van der Waals surface area (Å²) in [6.07, 6.45) is 4.19. The topological polar surface area (TPSA) is 54.9 Å². The number of piperidine rings is 1. The van der Waals surface area contributed by atoms with Gasteiger partial charge in [-0.1, -0.05) is 5.16 Å². The lowest BCUT2D eigenvalue weighted by atomic mass is 9.71. The first kappa shape index (κ1) is 17.8. The molecule has 2 aliphatic rings. The Bertz CT molecular complexity index is 689. The van der Waals surface area contributed by atoms with Crippen LogP contribution in [0.2, 0.25) is 0 Å². The van der Waals surface area contributed by atoms with Crippen LogP contribution >= 0.6 is 0 Å². The molecule has 6 nitrogen and oxygen atoms in total. The summed E-state index contributed by atoms with van der Waals surface area (Å²) in [6.45, 7) is 9.03. The Kier molecular flexibility index (Phi) is 5.16. The maximum atomic E-state index is 5.58. The molecule has 1 atom stereocenters. The SMILES string of the molecule is COCC1CN(Cc2ccco2)CC12CCN(Cc1cc(C)on1)CC2. The Labute approximate surface area is 155 Å². The van der Waals surface area contributed by atoms with Gasteiger partial charge >= 0.3 is 0 Å². The summed E-state index contributed by atoms with van der Waals surface area (Å²) in [4.78, 5) is 5.04. The number of aryl methyl sites for hydroxylation is 1. The molecule has 0 radical (unpaired) electrons. The van der Waals surface area contributed by atoms with Crippen molar-refractivity contribution in [2.45, 2.75) is 32.9 Å². The van der Waals surface area contributed by atoms with E-state index in [0.29, 0.717) is 11.3 Å². The minimum Gasteiger partial charge on any atom is -0.468 e. The maximum Gasteiger partial charge on any atom is 0.133 e. The Morgan fingerprint density at radius 2 is 2.12 bits per heavy atom. The summed E-state index contributed by atoms with van der Waals surface area (Å²) in [5.74, 6) is 2.54. The van der Waals surface area contributed by atoms with Gasteiger partial charge in [-0.3, -0.25) is 9.80 Å². The van der Waals surface area contributed by atoms with Crippen molar-refractivity contribution in [3.8, 4) is 0 Å². The van der Waals surface area contributed by atoms with Gasteiger partial charge in [0.25, 0.3) is 0 Å². The molecule has 0 saturated carbocycles. The third-order valence-corrected chi connectivity index (χ3v) is 6.12. The highest BCUT2D eigenvalue weighted by Crippen LogP contribution is 2.45. The Hall–Kier alpha value is -1.63. The van der Waals surface area contributed by atoms with Crippen molar-refractivity contribution in [2.24, 2.45) is 11.3 Å². The van der Waals surface area contributed by atoms with Crippen LogP contribution in [0.4, 0.5) is 0 Å². The molecule has 4 rings (SSSR count). The fourth-order valence-corrected chi connectivity index (χ4v) is 4.76. The van der Waals surface area contributed by atoms with Crippen LogP contribution in [0, 0.1) is 18.3 Å². The van der Waals surface area contributed by atoms with Crippen molar-refractivity contribution in [3.63, 3.8) is 0 Å². The van der Waals surface area contributed by atoms with Gasteiger partial charge in [-0.2, -0.15) is 0 Å². The number of nitrogens with zero attached hydrogens (tertiary/aromatic N) is 3. The van der Waals surface area contributed by atoms with Crippen LogP contribution < -0.4 is 0 Å². The van der Waals surface area contributed by atoms with Crippen LogP contribution in [0.5, 0.6) is 0 Å². The third kappa shape index (κ3) is 3.72. The van der Waals surface area contributed by atoms with Gasteiger partial charge in [-0.15, -0.1) is 0 Å². The molecule has 0 N–H and O–H groups in total. The zero-order valence-corrected chi connectivity index (χ0v) is 15.8. The molecule has 2 saturated heterocycles. The molecule has 0 aromatic carbocycles. The van der Waals surface area contributed by atoms with Crippen molar-refractivity contribution in [1.29, 1.82) is 0 Å². The number of ether oxygens (including phenoxy) is 1. The van der Waals surface area contributed by atoms with E-state index in [-0.39, 0.29) is 0 Å². The lowest BCUT2D eigenvalue weighted by Crippen LogP contribution is -2.44. The van der Waals surface area contributed by atoms with E-state index in [0.717, 1.165) is 63.1 Å². The number of aromatic nitrogens is 1. The van der Waals surface area contributed by atoms with Gasteiger partial charge in [0.05, 0.1) is 25.1 Å². The Morgan fingerprint density at radius 3 is 2.77 bits per heavy atom. The molecule has 2 aliphatic heterocycles. The Balaban J connectivity index is 1.38. The first-order valence-corrected chi connectivity index (χ1v) is 9.55. The molecule has 4 heterocycles. The van der Waals surface area contributed by atoms with Crippen molar-refractivity contribution < 1.29 is 13.7 Å². The minimum absolute atomic E-state index is 0.360. The molecule has 0 bridgehead atoms. The zero-order chi connectivity index (χ0) is 18.0. The monoisotopic (exact) mass is 359 g/mol. The number of hydrogen-bond acceptors (Lipinski definition) is 6. The summed E-state index contributed by atoms with van der Waals surface area (Å²) in [7, 11) is 1.82. The lowest BCUT2D eigenvalue weighted by molar-refractivity contribution is 0.0343. The van der Waals surface area contributed by atoms with E-state index in [4.69, 9.17) is 13.7 Å². The van der Waals surface area contributed by atoms with E-state index in [1.54, 1.807) is 6.26 Å². The molecule has 0 aliphatic carbocycles. The predicted molar refractivity (Wildman–Crippen MR) is 97.5 cm³/mol. The van der Waals surface area contributed by atoms with E-state index in [2.05, 4.69) is 21.0 Å². The molecular weight excluding hydrogens is 330 g/mol. The van der Waals surface area contributed by atoms with Crippen molar-refractivity contribution >= 4 is 0 Å². The summed E-state index contributed by atoms with van der Waals surface area (Å²) in [6, 6.07) is 6.08. The first-order chi connectivity index (χ1) is 12.7. The molecule has 1 unspecified atom stereocenters. The second-order valence-corrected chi connectivity index (χ2v) is 7.97. The number of methoxy groups -OCH3 is 1. The highest BCUT2D eigenvalue weighted by Gasteiger charge is 2.47. The standard InChI is InChI=1S/C20H29N3O3/c1-16-10-18(21-26-16)12-22-7-5-20(6-8-22)15-23(11-17(20)14-24-2)13-19-4-3-9-25-19/h3-4,9-10,17H,5-8,11-15H2,1-2H3. The molecule has 2 aromatic rings. The van der Waals surface area contributed by atoms with Gasteiger partial charge in [0.2, 0.25) is 0 Å². The zero-order valence-electron chi connectivity index (χ0n) is 15.8. The predicted octanol–water partition coefficient (Wildman–Crippen LogP) is 2.94. The molecule has 6 heteroatoms. The van der Waals surface area contributed by atoms with Crippen LogP contribution in [0.25, 0.3) is 0 Å². The number of furan rings is 1. The van der Waals surface area contributed by atoms with Crippen LogP contribution in [-0.4, -0.2) is 54.9 Å². The third-order valence-electron chi connectivity index (χ3n) is 6.12. The molecule has 26 heavy (non-hydrogen) atoms. The van der Waals surface area contributed by atoms with Crippen molar-refractivity contribution in [3.05, 3.63) is 41.7 Å². The second kappa shape index (κ2) is 7.55. The fourth-order valence-electron chi connectivity index (χ4n) is 4.76. The molecule has 1 spiro atoms. The van der Waals surface area contributed by atoms with Crippen LogP contribution in [0.3, 0.4) is 0 Å². The largest absolute Gasteiger partial charge is 0.468 e. The maximum absolute atomic E-state index is 5.58. The number of rotatable bonds is 6. The van der Waals surface area contributed by atoms with Crippen molar-refractivity contribution in [2.75, 3.05) is 39.9 Å². The van der Waals surface area contributed by atoms with E-state index >= 15 is 0 Å². The van der Waals surface area contributed by atoms with Gasteiger partial charge in [-0.05, 0) is 50.4 Å². The van der Waals surface area contributed by atoms with Crippen LogP contribution in [0.1, 0.15) is 30.1 Å². The first-order valence-electron chi connectivity index (χ1n) is 9.55. The summed E-state index contributed by atoms with van der Waals surface area (Å²) in [5, 5.41) is 4.14. The average Bonchev–Trinajstić information content (AvgIpc) is 3.34. The van der Waals surface area contributed by atoms with E-state index in [1.165, 1.54) is 12.8 Å². The minimum atomic E-state index is 0.360. The highest BCUT2D eigenvalue weighted by molar-refractivity contribution is 5.06. The quantitative estimate of drug-likeness (QED) is 0.790. The lowest BCUT2D eigenvalue weighted by Gasteiger charge is -2.42. The summed E-state index contributed by atoms with van der Waals surface area (Å²) in [5.41, 5.74) is 1.40. The number of likely N-dealkylation sites (tertiary alicyclic amines) is 2. The van der Waals surface area contributed by atoms with Gasteiger partial charge in [0.1, 0.15) is 11.5 Å². The molecule has 2 aromatic heterocycles. The number of hydrogen-bond donors (Lipinski definition) is 0. The average molecular weight is 359 g/mol. The highest BCUT2D eigenvalue weighted by atomic mass is 16.5. The summed E-state index contributed by atoms with van der Waals surface area (Å²) < 4.78 is 16.3. The van der Waals surface area contributed by atoms with Gasteiger partial charge in [-0.25, -0.2) is 0 Å². The second-order valence-electron chi connectivity index (χ2n) is 7.97. The van der Waals surface area contributed by atoms with Crippen LogP contribution in [-0.2, 0) is 17.8 Å². The van der Waals surface area contributed by atoms with E-state index in [9.17, 15) is 0 Å². The fraction of sp³-hybridized carbons (Fsp3) is 0.650. The summed E-state index contributed by atoms with van der Waals surface area (Å²) >= 11 is 0. The van der Waals surface area contributed by atoms with Gasteiger partial charge in [0.15, 0.2) is 0 Å². The molecular formula is C20H29N3O3. The molecule has 142 valence electrons. The molecule has 0 amide bonds. The van der Waals surface area contributed by atoms with Gasteiger partial charge < -0.3 is 13.7 Å². The molecule has 2 fully saturated rings. The van der Waals surface area contributed by atoms with Crippen molar-refractivity contribution in [1.82, 2.24) is 15.0 Å². The van der Waals surface area contributed by atoms with Gasteiger partial charge in [0, 0.05) is 38.7 Å². The smallest absolute Gasteiger partial charge is 0.133 e. The normalized spacial score (nSPS) is 23.8. The Morgan fingerprint density at radius 1 is 1.27 bits per heavy atom. The van der Waals surface area contributed by atoms with Crippen LogP contribution in [0.15, 0.2) is 33.4 Å². The van der Waals surface area contributed by atoms with E-state index < -0.39 is 0 Å².